The topological polar surface area (TPSA) is 21.3 Å². The lowest BCUT2D eigenvalue weighted by Crippen LogP contribution is -2.25. The molecule has 3 heteroatoms. The summed E-state index contributed by atoms with van der Waals surface area (Å²) < 4.78 is 18.8. The van der Waals surface area contributed by atoms with Crippen LogP contribution in [-0.2, 0) is 4.74 Å². The summed E-state index contributed by atoms with van der Waals surface area (Å²) >= 11 is 0. The van der Waals surface area contributed by atoms with Gasteiger partial charge in [-0.25, -0.2) is 4.39 Å². The number of benzene rings is 1. The van der Waals surface area contributed by atoms with Gasteiger partial charge >= 0.3 is 0 Å². The molecule has 0 saturated heterocycles. The minimum absolute atomic E-state index is 0.178. The second-order valence-electron chi connectivity index (χ2n) is 5.43. The lowest BCUT2D eigenvalue weighted by molar-refractivity contribution is 0.110. The minimum atomic E-state index is -0.178. The van der Waals surface area contributed by atoms with E-state index < -0.39 is 0 Å². The summed E-state index contributed by atoms with van der Waals surface area (Å²) in [6.45, 7) is 5.66. The van der Waals surface area contributed by atoms with Gasteiger partial charge < -0.3 is 10.1 Å². The summed E-state index contributed by atoms with van der Waals surface area (Å²) in [6.07, 6.45) is 3.75. The zero-order valence-corrected chi connectivity index (χ0v) is 11.7. The maximum Gasteiger partial charge on any atom is 0.123 e. The average Bonchev–Trinajstić information content (AvgIpc) is 3.22. The Morgan fingerprint density at radius 3 is 2.68 bits per heavy atom. The third-order valence-corrected chi connectivity index (χ3v) is 3.53. The van der Waals surface area contributed by atoms with Crippen LogP contribution in [0.1, 0.15) is 37.7 Å². The summed E-state index contributed by atoms with van der Waals surface area (Å²) in [6, 6.07) is 6.80. The molecule has 0 aromatic heterocycles. The number of halogens is 1. The van der Waals surface area contributed by atoms with Crippen LogP contribution >= 0.6 is 0 Å². The van der Waals surface area contributed by atoms with Crippen LogP contribution in [-0.4, -0.2) is 26.3 Å². The molecule has 2 nitrogen and oxygen atoms in total. The zero-order chi connectivity index (χ0) is 13.5. The Morgan fingerprint density at radius 1 is 1.32 bits per heavy atom. The van der Waals surface area contributed by atoms with Gasteiger partial charge in [0.25, 0.3) is 0 Å². The van der Waals surface area contributed by atoms with Crippen LogP contribution < -0.4 is 5.32 Å². The Labute approximate surface area is 115 Å². The highest BCUT2D eigenvalue weighted by Crippen LogP contribution is 2.29. The second-order valence-corrected chi connectivity index (χ2v) is 5.43. The number of hydrogen-bond acceptors (Lipinski definition) is 2. The van der Waals surface area contributed by atoms with E-state index in [0.29, 0.717) is 5.92 Å². The smallest absolute Gasteiger partial charge is 0.123 e. The molecule has 1 aromatic rings. The molecular formula is C16H24FNO. The van der Waals surface area contributed by atoms with Crippen LogP contribution in [0, 0.1) is 11.7 Å². The fraction of sp³-hybridized carbons (Fsp3) is 0.625. The van der Waals surface area contributed by atoms with Gasteiger partial charge in [-0.2, -0.15) is 0 Å². The molecule has 1 aromatic carbocycles. The molecule has 106 valence electrons. The van der Waals surface area contributed by atoms with Crippen molar-refractivity contribution in [3.8, 4) is 0 Å². The van der Waals surface area contributed by atoms with E-state index in [1.54, 1.807) is 0 Å². The Bertz CT molecular complexity index is 362. The van der Waals surface area contributed by atoms with Gasteiger partial charge in [0.2, 0.25) is 0 Å². The lowest BCUT2D eigenvalue weighted by atomic mass is 10.00. The SMILES string of the molecule is CCCNCC(COCC1CC1)c1ccc(F)cc1. The molecular weight excluding hydrogens is 241 g/mol. The van der Waals surface area contributed by atoms with Gasteiger partial charge in [0.05, 0.1) is 6.61 Å². The third kappa shape index (κ3) is 5.29. The van der Waals surface area contributed by atoms with Crippen LogP contribution in [0.15, 0.2) is 24.3 Å². The number of nitrogens with one attached hydrogen (secondary N) is 1. The Balaban J connectivity index is 1.85. The first kappa shape index (κ1) is 14.5. The van der Waals surface area contributed by atoms with E-state index in [9.17, 15) is 4.39 Å². The van der Waals surface area contributed by atoms with Gasteiger partial charge in [-0.3, -0.25) is 0 Å². The first-order valence-electron chi connectivity index (χ1n) is 7.33. The van der Waals surface area contributed by atoms with Crippen molar-refractivity contribution in [2.24, 2.45) is 5.92 Å². The molecule has 0 heterocycles. The van der Waals surface area contributed by atoms with Crippen molar-refractivity contribution in [1.82, 2.24) is 5.32 Å². The molecule has 0 radical (unpaired) electrons. The molecule has 1 saturated carbocycles. The summed E-state index contributed by atoms with van der Waals surface area (Å²) in [5, 5.41) is 3.43. The largest absolute Gasteiger partial charge is 0.380 e. The molecule has 0 spiro atoms. The van der Waals surface area contributed by atoms with E-state index >= 15 is 0 Å². The predicted octanol–water partition coefficient (Wildman–Crippen LogP) is 3.34. The molecule has 0 aliphatic heterocycles. The summed E-state index contributed by atoms with van der Waals surface area (Å²) in [5.74, 6) is 0.922. The third-order valence-electron chi connectivity index (χ3n) is 3.53. The Morgan fingerprint density at radius 2 is 2.05 bits per heavy atom. The first-order chi connectivity index (χ1) is 9.29. The van der Waals surface area contributed by atoms with Gasteiger partial charge in [-0.1, -0.05) is 19.1 Å². The summed E-state index contributed by atoms with van der Waals surface area (Å²) in [5.41, 5.74) is 1.15. The van der Waals surface area contributed by atoms with Gasteiger partial charge in [-0.15, -0.1) is 0 Å². The molecule has 2 rings (SSSR count). The minimum Gasteiger partial charge on any atom is -0.380 e. The van der Waals surface area contributed by atoms with E-state index in [-0.39, 0.29) is 5.82 Å². The molecule has 0 amide bonds. The van der Waals surface area contributed by atoms with E-state index in [2.05, 4.69) is 12.2 Å². The van der Waals surface area contributed by atoms with E-state index in [0.717, 1.165) is 44.2 Å². The highest BCUT2D eigenvalue weighted by molar-refractivity contribution is 5.21. The van der Waals surface area contributed by atoms with Crippen molar-refractivity contribution in [2.75, 3.05) is 26.3 Å². The van der Waals surface area contributed by atoms with Gasteiger partial charge in [0.15, 0.2) is 0 Å². The molecule has 1 atom stereocenters. The van der Waals surface area contributed by atoms with E-state index in [1.165, 1.54) is 25.0 Å². The van der Waals surface area contributed by atoms with Crippen LogP contribution in [0.5, 0.6) is 0 Å². The monoisotopic (exact) mass is 265 g/mol. The van der Waals surface area contributed by atoms with E-state index in [4.69, 9.17) is 4.74 Å². The zero-order valence-electron chi connectivity index (χ0n) is 11.7. The lowest BCUT2D eigenvalue weighted by Gasteiger charge is -2.18. The van der Waals surface area contributed by atoms with Crippen LogP contribution in [0.2, 0.25) is 0 Å². The van der Waals surface area contributed by atoms with Crippen molar-refractivity contribution >= 4 is 0 Å². The highest BCUT2D eigenvalue weighted by Gasteiger charge is 2.22. The van der Waals surface area contributed by atoms with Crippen molar-refractivity contribution < 1.29 is 9.13 Å². The Hall–Kier alpha value is -0.930. The maximum absolute atomic E-state index is 13.0. The maximum atomic E-state index is 13.0. The number of hydrogen-bond donors (Lipinski definition) is 1. The summed E-state index contributed by atoms with van der Waals surface area (Å²) in [7, 11) is 0. The quantitative estimate of drug-likeness (QED) is 0.691. The van der Waals surface area contributed by atoms with Crippen molar-refractivity contribution in [1.29, 1.82) is 0 Å². The Kier molecular flexibility index (Phi) is 5.80. The average molecular weight is 265 g/mol. The van der Waals surface area contributed by atoms with Crippen LogP contribution in [0.4, 0.5) is 4.39 Å². The normalized spacial score (nSPS) is 16.5. The van der Waals surface area contributed by atoms with Crippen molar-refractivity contribution in [3.05, 3.63) is 35.6 Å². The van der Waals surface area contributed by atoms with E-state index in [1.807, 2.05) is 12.1 Å². The molecule has 1 aliphatic rings. The predicted molar refractivity (Wildman–Crippen MR) is 75.8 cm³/mol. The fourth-order valence-electron chi connectivity index (χ4n) is 2.12. The molecule has 1 aliphatic carbocycles. The molecule has 1 unspecified atom stereocenters. The van der Waals surface area contributed by atoms with Crippen LogP contribution in [0.25, 0.3) is 0 Å². The van der Waals surface area contributed by atoms with Gasteiger partial charge in [-0.05, 0) is 49.4 Å². The molecule has 0 bridgehead atoms. The summed E-state index contributed by atoms with van der Waals surface area (Å²) in [4.78, 5) is 0. The number of ether oxygens (including phenoxy) is 1. The van der Waals surface area contributed by atoms with Crippen molar-refractivity contribution in [3.63, 3.8) is 0 Å². The first-order valence-corrected chi connectivity index (χ1v) is 7.33. The fourth-order valence-corrected chi connectivity index (χ4v) is 2.12. The number of rotatable bonds is 9. The molecule has 1 fully saturated rings. The van der Waals surface area contributed by atoms with Crippen LogP contribution in [0.3, 0.4) is 0 Å². The highest BCUT2D eigenvalue weighted by atomic mass is 19.1. The van der Waals surface area contributed by atoms with Gasteiger partial charge in [0, 0.05) is 19.1 Å². The van der Waals surface area contributed by atoms with Crippen molar-refractivity contribution in [2.45, 2.75) is 32.1 Å². The van der Waals surface area contributed by atoms with Gasteiger partial charge in [0.1, 0.15) is 5.82 Å². The second kappa shape index (κ2) is 7.61. The molecule has 19 heavy (non-hydrogen) atoms. The molecule has 1 N–H and O–H groups in total. The standard InChI is InChI=1S/C16H24FNO/c1-2-9-18-10-15(12-19-11-13-3-4-13)14-5-7-16(17)8-6-14/h5-8,13,15,18H,2-4,9-12H2,1H3.